The third kappa shape index (κ3) is 2.80. The van der Waals surface area contributed by atoms with Gasteiger partial charge in [-0.25, -0.2) is 9.97 Å². The lowest BCUT2D eigenvalue weighted by molar-refractivity contribution is -0.0837. The largest absolute Gasteiger partial charge is 0.373 e. The van der Waals surface area contributed by atoms with Gasteiger partial charge in [-0.3, -0.25) is 0 Å². The topological polar surface area (TPSA) is 47.0 Å². The fraction of sp³-hybridized carbons (Fsp3) is 0.750. The Morgan fingerprint density at radius 3 is 2.45 bits per heavy atom. The van der Waals surface area contributed by atoms with E-state index >= 15 is 0 Å². The number of aryl methyl sites for hydroxylation is 1. The molecule has 1 aliphatic rings. The van der Waals surface area contributed by atoms with Gasteiger partial charge in [0.15, 0.2) is 5.82 Å². The van der Waals surface area contributed by atoms with E-state index in [0.29, 0.717) is 6.61 Å². The molecule has 4 heteroatoms. The molecule has 1 aliphatic carbocycles. The number of ether oxygens (including phenoxy) is 1. The van der Waals surface area contributed by atoms with Gasteiger partial charge in [0.05, 0.1) is 0 Å². The summed E-state index contributed by atoms with van der Waals surface area (Å²) in [5.74, 6) is 2.56. The Bertz CT molecular complexity index is 465. The van der Waals surface area contributed by atoms with Crippen LogP contribution in [0.5, 0.6) is 0 Å². The molecule has 1 N–H and O–H groups in total. The highest BCUT2D eigenvalue weighted by molar-refractivity contribution is 5.45. The SMILES string of the molecule is CCOC1(c2nc(C)c(C)c(NC)n2)CCC(C)CC1. The lowest BCUT2D eigenvalue weighted by Crippen LogP contribution is -2.36. The maximum atomic E-state index is 6.15. The molecule has 1 saturated carbocycles. The van der Waals surface area contributed by atoms with Crippen molar-refractivity contribution >= 4 is 5.82 Å². The Labute approximate surface area is 122 Å². The number of nitrogens with one attached hydrogen (secondary N) is 1. The Hall–Kier alpha value is -1.16. The summed E-state index contributed by atoms with van der Waals surface area (Å²) in [6.07, 6.45) is 4.41. The molecule has 4 nitrogen and oxygen atoms in total. The zero-order valence-corrected chi connectivity index (χ0v) is 13.4. The normalized spacial score (nSPS) is 26.6. The van der Waals surface area contributed by atoms with Crippen LogP contribution in [-0.4, -0.2) is 23.6 Å². The minimum atomic E-state index is -0.286. The van der Waals surface area contributed by atoms with Gasteiger partial charge in [0.25, 0.3) is 0 Å². The zero-order chi connectivity index (χ0) is 14.8. The summed E-state index contributed by atoms with van der Waals surface area (Å²) < 4.78 is 6.15. The van der Waals surface area contributed by atoms with E-state index < -0.39 is 0 Å². The Morgan fingerprint density at radius 1 is 1.25 bits per heavy atom. The van der Waals surface area contributed by atoms with Crippen molar-refractivity contribution in [2.45, 2.75) is 59.0 Å². The third-order valence-electron chi connectivity index (χ3n) is 4.54. The van der Waals surface area contributed by atoms with Gasteiger partial charge < -0.3 is 10.1 Å². The van der Waals surface area contributed by atoms with Crippen molar-refractivity contribution in [3.8, 4) is 0 Å². The van der Waals surface area contributed by atoms with Crippen LogP contribution in [-0.2, 0) is 10.3 Å². The first-order valence-electron chi connectivity index (χ1n) is 7.70. The van der Waals surface area contributed by atoms with Crippen LogP contribution in [0.15, 0.2) is 0 Å². The molecule has 0 amide bonds. The maximum Gasteiger partial charge on any atom is 0.162 e. The van der Waals surface area contributed by atoms with E-state index in [2.05, 4.69) is 26.1 Å². The van der Waals surface area contributed by atoms with Crippen LogP contribution in [0.3, 0.4) is 0 Å². The molecule has 112 valence electrons. The van der Waals surface area contributed by atoms with E-state index in [-0.39, 0.29) is 5.60 Å². The van der Waals surface area contributed by atoms with Crippen molar-refractivity contribution in [2.24, 2.45) is 5.92 Å². The van der Waals surface area contributed by atoms with Crippen molar-refractivity contribution in [2.75, 3.05) is 19.0 Å². The fourth-order valence-electron chi connectivity index (χ4n) is 3.01. The van der Waals surface area contributed by atoms with Crippen molar-refractivity contribution in [1.82, 2.24) is 9.97 Å². The van der Waals surface area contributed by atoms with E-state index in [1.165, 1.54) is 12.8 Å². The molecule has 0 bridgehead atoms. The van der Waals surface area contributed by atoms with Crippen molar-refractivity contribution in [3.63, 3.8) is 0 Å². The molecular formula is C16H27N3O. The van der Waals surface area contributed by atoms with E-state index in [4.69, 9.17) is 14.7 Å². The number of rotatable bonds is 4. The summed E-state index contributed by atoms with van der Waals surface area (Å²) in [7, 11) is 1.91. The first-order valence-corrected chi connectivity index (χ1v) is 7.70. The molecule has 0 aliphatic heterocycles. The highest BCUT2D eigenvalue weighted by Gasteiger charge is 2.39. The molecule has 1 heterocycles. The lowest BCUT2D eigenvalue weighted by Gasteiger charge is -2.38. The summed E-state index contributed by atoms with van der Waals surface area (Å²) in [6, 6.07) is 0. The van der Waals surface area contributed by atoms with Gasteiger partial charge in [-0.15, -0.1) is 0 Å². The standard InChI is InChI=1S/C16H27N3O/c1-6-20-16(9-7-11(2)8-10-16)15-18-13(4)12(3)14(17-5)19-15/h11H,6-10H2,1-5H3,(H,17,18,19). The molecule has 0 atom stereocenters. The van der Waals surface area contributed by atoms with Crippen LogP contribution in [0.4, 0.5) is 5.82 Å². The van der Waals surface area contributed by atoms with Gasteiger partial charge in [-0.05, 0) is 52.4 Å². The molecule has 0 radical (unpaired) electrons. The quantitative estimate of drug-likeness (QED) is 0.914. The van der Waals surface area contributed by atoms with E-state index in [9.17, 15) is 0 Å². The summed E-state index contributed by atoms with van der Waals surface area (Å²) in [5.41, 5.74) is 1.87. The summed E-state index contributed by atoms with van der Waals surface area (Å²) in [5, 5.41) is 3.18. The Kier molecular flexibility index (Phi) is 4.63. The second-order valence-electron chi connectivity index (χ2n) is 5.97. The van der Waals surface area contributed by atoms with Gasteiger partial charge in [0.2, 0.25) is 0 Å². The number of aromatic nitrogens is 2. The van der Waals surface area contributed by atoms with E-state index in [1.807, 2.05) is 14.0 Å². The van der Waals surface area contributed by atoms with Crippen molar-refractivity contribution in [1.29, 1.82) is 0 Å². The molecule has 1 fully saturated rings. The first-order chi connectivity index (χ1) is 9.52. The van der Waals surface area contributed by atoms with Crippen LogP contribution in [0, 0.1) is 19.8 Å². The molecular weight excluding hydrogens is 250 g/mol. The Balaban J connectivity index is 2.41. The van der Waals surface area contributed by atoms with E-state index in [0.717, 1.165) is 41.7 Å². The third-order valence-corrected chi connectivity index (χ3v) is 4.54. The number of anilines is 1. The summed E-state index contributed by atoms with van der Waals surface area (Å²) in [6.45, 7) is 9.18. The first kappa shape index (κ1) is 15.2. The number of hydrogen-bond acceptors (Lipinski definition) is 4. The van der Waals surface area contributed by atoms with Gasteiger partial charge in [0, 0.05) is 24.9 Å². The molecule has 2 rings (SSSR count). The predicted octanol–water partition coefficient (Wildman–Crippen LogP) is 3.58. The highest BCUT2D eigenvalue weighted by Crippen LogP contribution is 2.41. The minimum absolute atomic E-state index is 0.286. The molecule has 0 spiro atoms. The van der Waals surface area contributed by atoms with Crippen LogP contribution in [0.25, 0.3) is 0 Å². The lowest BCUT2D eigenvalue weighted by atomic mass is 9.78. The number of nitrogens with zero attached hydrogens (tertiary/aromatic N) is 2. The van der Waals surface area contributed by atoms with Gasteiger partial charge >= 0.3 is 0 Å². The van der Waals surface area contributed by atoms with E-state index in [1.54, 1.807) is 0 Å². The van der Waals surface area contributed by atoms with Crippen LogP contribution < -0.4 is 5.32 Å². The van der Waals surface area contributed by atoms with Crippen LogP contribution in [0.2, 0.25) is 0 Å². The highest BCUT2D eigenvalue weighted by atomic mass is 16.5. The van der Waals surface area contributed by atoms with Gasteiger partial charge in [-0.2, -0.15) is 0 Å². The molecule has 0 saturated heterocycles. The Morgan fingerprint density at radius 2 is 1.90 bits per heavy atom. The van der Waals surface area contributed by atoms with Crippen molar-refractivity contribution < 1.29 is 4.74 Å². The number of hydrogen-bond donors (Lipinski definition) is 1. The zero-order valence-electron chi connectivity index (χ0n) is 13.4. The molecule has 1 aromatic rings. The molecule has 0 aromatic carbocycles. The minimum Gasteiger partial charge on any atom is -0.373 e. The fourth-order valence-corrected chi connectivity index (χ4v) is 3.01. The maximum absolute atomic E-state index is 6.15. The summed E-state index contributed by atoms with van der Waals surface area (Å²) >= 11 is 0. The molecule has 20 heavy (non-hydrogen) atoms. The van der Waals surface area contributed by atoms with Crippen LogP contribution in [0.1, 0.15) is 56.6 Å². The average molecular weight is 277 g/mol. The van der Waals surface area contributed by atoms with Gasteiger partial charge in [0.1, 0.15) is 11.4 Å². The monoisotopic (exact) mass is 277 g/mol. The smallest absolute Gasteiger partial charge is 0.162 e. The second-order valence-corrected chi connectivity index (χ2v) is 5.97. The molecule has 1 aromatic heterocycles. The molecule has 0 unspecified atom stereocenters. The summed E-state index contributed by atoms with van der Waals surface area (Å²) in [4.78, 5) is 9.49. The second kappa shape index (κ2) is 6.08. The average Bonchev–Trinajstić information content (AvgIpc) is 2.44. The predicted molar refractivity (Wildman–Crippen MR) is 82.0 cm³/mol. The van der Waals surface area contributed by atoms with Crippen molar-refractivity contribution in [3.05, 3.63) is 17.1 Å². The van der Waals surface area contributed by atoms with Crippen LogP contribution >= 0.6 is 0 Å². The van der Waals surface area contributed by atoms with Gasteiger partial charge in [-0.1, -0.05) is 6.92 Å².